The Hall–Kier alpha value is 0.500. The topological polar surface area (TPSA) is 0 Å². The highest BCUT2D eigenvalue weighted by Gasteiger charge is 2.41. The fourth-order valence-electron chi connectivity index (χ4n) is 7.63. The lowest BCUT2D eigenvalue weighted by Gasteiger charge is -2.46. The van der Waals surface area contributed by atoms with E-state index in [1.807, 2.05) is 5.57 Å². The number of alkyl halides is 2. The minimum Gasteiger partial charge on any atom is -0.127 e. The zero-order valence-corrected chi connectivity index (χ0v) is 24.5. The van der Waals surface area contributed by atoms with Crippen LogP contribution < -0.4 is 0 Å². The predicted molar refractivity (Wildman–Crippen MR) is 152 cm³/mol. The van der Waals surface area contributed by atoms with Crippen molar-refractivity contribution in [2.24, 2.45) is 47.3 Å². The Labute approximate surface area is 218 Å². The van der Waals surface area contributed by atoms with Crippen LogP contribution in [0.2, 0.25) is 0 Å². The van der Waals surface area contributed by atoms with Gasteiger partial charge in [0.1, 0.15) is 0 Å². The zero-order chi connectivity index (χ0) is 23.3. The van der Waals surface area contributed by atoms with Crippen molar-refractivity contribution in [2.75, 3.05) is 5.88 Å². The zero-order valence-electron chi connectivity index (χ0n) is 21.6. The van der Waals surface area contributed by atoms with E-state index in [4.69, 9.17) is 11.6 Å². The third-order valence-electron chi connectivity index (χ3n) is 9.74. The summed E-state index contributed by atoms with van der Waals surface area (Å²) in [7, 11) is 0. The standard InChI is InChI=1S/C30H50ClI/c1-6-10-25-18-21(3)28-14-12-26-19-27(17-20(2)22(4)23(5)30(25)26)29(32)15-13-24(28)11-8-7-9-16-31/h12,14,20-25,27,29-30H,6-11,13,15-19H2,1-5H3/b26-12+,28-14+/t20?,21-,22?,23?,24?,25?,27?,29?,30?/m1/s1. The minimum atomic E-state index is 0.732. The Morgan fingerprint density at radius 2 is 1.72 bits per heavy atom. The van der Waals surface area contributed by atoms with E-state index in [1.165, 1.54) is 70.6 Å². The molecular weight excluding hydrogens is 523 g/mol. The molecule has 0 heterocycles. The SMILES string of the molecule is CCCC1C[C@@H](C)/C2=C\C=C3/CC(CC(C)C(C)C(C)C31)C(I)CCC2CCCCCCl. The summed E-state index contributed by atoms with van der Waals surface area (Å²) in [5.74, 6) is 7.32. The van der Waals surface area contributed by atoms with Gasteiger partial charge in [0.05, 0.1) is 0 Å². The highest BCUT2D eigenvalue weighted by Crippen LogP contribution is 2.50. The summed E-state index contributed by atoms with van der Waals surface area (Å²) in [6.45, 7) is 12.7. The van der Waals surface area contributed by atoms with Crippen LogP contribution in [0.25, 0.3) is 0 Å². The number of hydrogen-bond donors (Lipinski definition) is 0. The Bertz CT molecular complexity index is 637. The van der Waals surface area contributed by atoms with Crippen LogP contribution in [0.15, 0.2) is 23.3 Å². The van der Waals surface area contributed by atoms with Crippen LogP contribution >= 0.6 is 34.2 Å². The van der Waals surface area contributed by atoms with Crippen molar-refractivity contribution >= 4 is 34.2 Å². The smallest absolute Gasteiger partial charge is 0.0223 e. The first-order valence-corrected chi connectivity index (χ1v) is 15.8. The Kier molecular flexibility index (Phi) is 11.0. The summed E-state index contributed by atoms with van der Waals surface area (Å²) < 4.78 is 0.823. The van der Waals surface area contributed by atoms with E-state index >= 15 is 0 Å². The Balaban J connectivity index is 2.02. The van der Waals surface area contributed by atoms with Crippen LogP contribution in [-0.4, -0.2) is 9.80 Å². The molecule has 32 heavy (non-hydrogen) atoms. The molecule has 1 saturated carbocycles. The van der Waals surface area contributed by atoms with E-state index in [0.29, 0.717) is 0 Å². The van der Waals surface area contributed by atoms with E-state index < -0.39 is 0 Å². The van der Waals surface area contributed by atoms with Crippen molar-refractivity contribution in [3.8, 4) is 0 Å². The van der Waals surface area contributed by atoms with E-state index in [0.717, 1.165) is 57.1 Å². The lowest BCUT2D eigenvalue weighted by molar-refractivity contribution is 0.116. The van der Waals surface area contributed by atoms with Gasteiger partial charge in [-0.1, -0.05) is 106 Å². The average molecular weight is 573 g/mol. The van der Waals surface area contributed by atoms with Crippen LogP contribution in [-0.2, 0) is 0 Å². The Morgan fingerprint density at radius 1 is 0.938 bits per heavy atom. The van der Waals surface area contributed by atoms with Crippen molar-refractivity contribution in [1.82, 2.24) is 0 Å². The molecule has 2 heteroatoms. The molecule has 0 radical (unpaired) electrons. The molecule has 0 nitrogen and oxygen atoms in total. The third-order valence-corrected chi connectivity index (χ3v) is 11.6. The Morgan fingerprint density at radius 3 is 2.44 bits per heavy atom. The minimum absolute atomic E-state index is 0.732. The van der Waals surface area contributed by atoms with Crippen molar-refractivity contribution in [3.63, 3.8) is 0 Å². The molecule has 0 aliphatic heterocycles. The molecule has 9 atom stereocenters. The first-order valence-electron chi connectivity index (χ1n) is 14.0. The normalized spacial score (nSPS) is 43.9. The molecule has 0 saturated heterocycles. The molecule has 3 aliphatic carbocycles. The second kappa shape index (κ2) is 13.0. The molecule has 3 aliphatic rings. The first kappa shape index (κ1) is 27.1. The molecule has 0 aromatic rings. The van der Waals surface area contributed by atoms with E-state index in [2.05, 4.69) is 69.4 Å². The van der Waals surface area contributed by atoms with Gasteiger partial charge in [-0.15, -0.1) is 11.6 Å². The first-order chi connectivity index (χ1) is 15.4. The summed E-state index contributed by atoms with van der Waals surface area (Å²) in [5.41, 5.74) is 3.62. The molecule has 3 rings (SSSR count). The van der Waals surface area contributed by atoms with E-state index in [-0.39, 0.29) is 0 Å². The number of fused-ring (bicyclic) bond motifs is 2. The van der Waals surface area contributed by atoms with Crippen LogP contribution in [0.3, 0.4) is 0 Å². The van der Waals surface area contributed by atoms with Gasteiger partial charge >= 0.3 is 0 Å². The second-order valence-corrected chi connectivity index (χ2v) is 13.8. The average Bonchev–Trinajstić information content (AvgIpc) is 2.76. The quantitative estimate of drug-likeness (QED) is 0.162. The highest BCUT2D eigenvalue weighted by molar-refractivity contribution is 14.1. The van der Waals surface area contributed by atoms with E-state index in [1.54, 1.807) is 5.57 Å². The summed E-state index contributed by atoms with van der Waals surface area (Å²) in [6.07, 6.45) is 20.2. The molecular formula is C30H50ClI. The van der Waals surface area contributed by atoms with Crippen LogP contribution in [0.4, 0.5) is 0 Å². The molecule has 3 bridgehead atoms. The van der Waals surface area contributed by atoms with Crippen molar-refractivity contribution < 1.29 is 0 Å². The molecule has 1 fully saturated rings. The maximum Gasteiger partial charge on any atom is 0.0223 e. The van der Waals surface area contributed by atoms with Crippen LogP contribution in [0.5, 0.6) is 0 Å². The lowest BCUT2D eigenvalue weighted by Crippen LogP contribution is -2.37. The second-order valence-electron chi connectivity index (χ2n) is 11.8. The van der Waals surface area contributed by atoms with Crippen molar-refractivity contribution in [1.29, 1.82) is 0 Å². The van der Waals surface area contributed by atoms with Crippen LogP contribution in [0.1, 0.15) is 105 Å². The number of hydrogen-bond acceptors (Lipinski definition) is 0. The summed E-state index contributed by atoms with van der Waals surface area (Å²) >= 11 is 8.83. The van der Waals surface area contributed by atoms with Gasteiger partial charge in [0, 0.05) is 9.80 Å². The molecule has 0 amide bonds. The molecule has 0 aromatic heterocycles. The van der Waals surface area contributed by atoms with Gasteiger partial charge in [0.25, 0.3) is 0 Å². The van der Waals surface area contributed by atoms with Gasteiger partial charge in [-0.2, -0.15) is 0 Å². The molecule has 0 aromatic carbocycles. The molecule has 8 unspecified atom stereocenters. The highest BCUT2D eigenvalue weighted by atomic mass is 127. The molecule has 0 spiro atoms. The molecule has 0 N–H and O–H groups in total. The maximum atomic E-state index is 5.98. The van der Waals surface area contributed by atoms with Gasteiger partial charge < -0.3 is 0 Å². The number of allylic oxidation sites excluding steroid dienone is 4. The number of halogens is 2. The molecule has 184 valence electrons. The largest absolute Gasteiger partial charge is 0.127 e. The predicted octanol–water partition coefficient (Wildman–Crippen LogP) is 10.2. The van der Waals surface area contributed by atoms with Crippen molar-refractivity contribution in [2.45, 2.75) is 109 Å². The monoisotopic (exact) mass is 572 g/mol. The summed E-state index contributed by atoms with van der Waals surface area (Å²) in [6, 6.07) is 0. The fraction of sp³-hybridized carbons (Fsp3) is 0.867. The maximum absolute atomic E-state index is 5.98. The van der Waals surface area contributed by atoms with Gasteiger partial charge in [0.15, 0.2) is 0 Å². The fourth-order valence-corrected chi connectivity index (χ4v) is 8.73. The number of unbranched alkanes of at least 4 members (excludes halogenated alkanes) is 2. The summed E-state index contributed by atoms with van der Waals surface area (Å²) in [5, 5.41) is 0. The van der Waals surface area contributed by atoms with E-state index in [9.17, 15) is 0 Å². The number of rotatable bonds is 7. The van der Waals surface area contributed by atoms with Gasteiger partial charge in [-0.05, 0) is 92.3 Å². The van der Waals surface area contributed by atoms with Crippen LogP contribution in [0, 0.1) is 47.3 Å². The van der Waals surface area contributed by atoms with Gasteiger partial charge in [-0.3, -0.25) is 0 Å². The summed E-state index contributed by atoms with van der Waals surface area (Å²) in [4.78, 5) is 0. The third kappa shape index (κ3) is 6.58. The lowest BCUT2D eigenvalue weighted by atomic mass is 9.60. The van der Waals surface area contributed by atoms with Gasteiger partial charge in [-0.25, -0.2) is 0 Å². The van der Waals surface area contributed by atoms with Crippen molar-refractivity contribution in [3.05, 3.63) is 23.3 Å². The van der Waals surface area contributed by atoms with Gasteiger partial charge in [0.2, 0.25) is 0 Å².